The molecule has 0 N–H and O–H groups in total. The number of fused-ring (bicyclic) bond motifs is 1. The smallest absolute Gasteiger partial charge is 0.261 e. The molecular weight excluding hydrogens is 397 g/mol. The standard InChI is InChI=1S/C24H26FN3O3/c1-16-3-8-22-26-17(2)21(24(30)27(22)15-16)11-14-28(31)12-9-19(10-13-28)23(29)18-4-6-20(25)7-5-18/h3-8,15,19H,9-14H2,1-2H3. The minimum atomic E-state index is -0.414. The van der Waals surface area contributed by atoms with Crippen LogP contribution in [0.15, 0.2) is 47.4 Å². The van der Waals surface area contributed by atoms with Crippen LogP contribution >= 0.6 is 0 Å². The van der Waals surface area contributed by atoms with Crippen molar-refractivity contribution in [2.45, 2.75) is 33.1 Å². The zero-order valence-electron chi connectivity index (χ0n) is 17.8. The first-order valence-electron chi connectivity index (χ1n) is 10.6. The molecule has 0 amide bonds. The second-order valence-corrected chi connectivity index (χ2v) is 8.54. The van der Waals surface area contributed by atoms with Crippen molar-refractivity contribution in [1.29, 1.82) is 0 Å². The van der Waals surface area contributed by atoms with Gasteiger partial charge in [-0.1, -0.05) is 6.07 Å². The normalized spacial score (nSPS) is 21.4. The van der Waals surface area contributed by atoms with Crippen molar-refractivity contribution in [3.05, 3.63) is 86.4 Å². The van der Waals surface area contributed by atoms with Gasteiger partial charge in [-0.2, -0.15) is 0 Å². The van der Waals surface area contributed by atoms with Crippen molar-refractivity contribution < 1.29 is 13.8 Å². The number of benzene rings is 1. The number of aryl methyl sites for hydroxylation is 2. The molecule has 3 aromatic rings. The number of nitrogens with zero attached hydrogens (tertiary/aromatic N) is 3. The average Bonchev–Trinajstić information content (AvgIpc) is 2.75. The number of carbonyl (C=O) groups excluding carboxylic acids is 1. The van der Waals surface area contributed by atoms with Gasteiger partial charge in [-0.3, -0.25) is 14.0 Å². The van der Waals surface area contributed by atoms with Crippen LogP contribution in [0.25, 0.3) is 5.65 Å². The third-order valence-electron chi connectivity index (χ3n) is 6.31. The summed E-state index contributed by atoms with van der Waals surface area (Å²) in [5, 5.41) is 13.2. The minimum absolute atomic E-state index is 0.0329. The van der Waals surface area contributed by atoms with Crippen LogP contribution in [0.4, 0.5) is 4.39 Å². The number of quaternary nitrogens is 1. The number of rotatable bonds is 5. The molecule has 3 heterocycles. The monoisotopic (exact) mass is 423 g/mol. The number of halogens is 1. The Hall–Kier alpha value is -2.90. The van der Waals surface area contributed by atoms with Gasteiger partial charge in [-0.15, -0.1) is 0 Å². The SMILES string of the molecule is Cc1ccc2nc(C)c(CC[N+]3([O-])CCC(C(=O)c4ccc(F)cc4)CC3)c(=O)n2c1. The second-order valence-electron chi connectivity index (χ2n) is 8.54. The lowest BCUT2D eigenvalue weighted by Gasteiger charge is -2.47. The number of likely N-dealkylation sites (tertiary alicyclic amines) is 1. The van der Waals surface area contributed by atoms with E-state index in [1.807, 2.05) is 19.1 Å². The summed E-state index contributed by atoms with van der Waals surface area (Å²) in [5.74, 6) is -0.627. The molecule has 7 heteroatoms. The summed E-state index contributed by atoms with van der Waals surface area (Å²) in [6.45, 7) is 4.67. The van der Waals surface area contributed by atoms with Gasteiger partial charge < -0.3 is 9.85 Å². The van der Waals surface area contributed by atoms with Crippen LogP contribution in [0.2, 0.25) is 0 Å². The van der Waals surface area contributed by atoms with Crippen molar-refractivity contribution in [3.8, 4) is 0 Å². The predicted octanol–water partition coefficient (Wildman–Crippen LogP) is 3.60. The Morgan fingerprint density at radius 2 is 1.84 bits per heavy atom. The van der Waals surface area contributed by atoms with Gasteiger partial charge >= 0.3 is 0 Å². The van der Waals surface area contributed by atoms with Crippen LogP contribution in [-0.2, 0) is 6.42 Å². The highest BCUT2D eigenvalue weighted by molar-refractivity contribution is 5.97. The Morgan fingerprint density at radius 3 is 2.52 bits per heavy atom. The zero-order chi connectivity index (χ0) is 22.2. The summed E-state index contributed by atoms with van der Waals surface area (Å²) in [6.07, 6.45) is 3.11. The van der Waals surface area contributed by atoms with E-state index in [2.05, 4.69) is 4.98 Å². The summed E-state index contributed by atoms with van der Waals surface area (Å²) in [4.78, 5) is 30.1. The number of Topliss-reactive ketones (excluding diaryl/α,β-unsaturated/α-hetero) is 1. The zero-order valence-corrected chi connectivity index (χ0v) is 17.8. The summed E-state index contributed by atoms with van der Waals surface area (Å²) < 4.78 is 14.2. The second kappa shape index (κ2) is 8.32. The topological polar surface area (TPSA) is 74.5 Å². The molecule has 6 nitrogen and oxygen atoms in total. The van der Waals surface area contributed by atoms with Crippen molar-refractivity contribution >= 4 is 11.4 Å². The van der Waals surface area contributed by atoms with Gasteiger partial charge in [-0.25, -0.2) is 9.37 Å². The van der Waals surface area contributed by atoms with Gasteiger partial charge in [0.15, 0.2) is 5.78 Å². The molecule has 31 heavy (non-hydrogen) atoms. The molecule has 2 aromatic heterocycles. The first kappa shape index (κ1) is 21.3. The summed E-state index contributed by atoms with van der Waals surface area (Å²) >= 11 is 0. The Kier molecular flexibility index (Phi) is 5.73. The molecule has 4 rings (SSSR count). The number of carbonyl (C=O) groups is 1. The number of hydroxylamine groups is 3. The maximum absolute atomic E-state index is 13.2. The van der Waals surface area contributed by atoms with Gasteiger partial charge in [-0.05, 0) is 49.7 Å². The molecule has 0 radical (unpaired) electrons. The molecular formula is C24H26FN3O3. The molecule has 1 saturated heterocycles. The van der Waals surface area contributed by atoms with Crippen molar-refractivity contribution in [2.75, 3.05) is 19.6 Å². The number of hydrogen-bond donors (Lipinski definition) is 0. The van der Waals surface area contributed by atoms with Crippen LogP contribution in [0.1, 0.15) is 40.0 Å². The number of pyridine rings is 1. The first-order chi connectivity index (χ1) is 14.8. The summed E-state index contributed by atoms with van der Waals surface area (Å²) in [7, 11) is 0. The van der Waals surface area contributed by atoms with Gasteiger partial charge in [0.05, 0.1) is 19.6 Å². The first-order valence-corrected chi connectivity index (χ1v) is 10.6. The fraction of sp³-hybridized carbons (Fsp3) is 0.375. The highest BCUT2D eigenvalue weighted by atomic mass is 19.1. The maximum atomic E-state index is 13.2. The highest BCUT2D eigenvalue weighted by Crippen LogP contribution is 2.26. The quantitative estimate of drug-likeness (QED) is 0.357. The largest absolute Gasteiger partial charge is 0.633 e. The molecule has 0 unspecified atom stereocenters. The minimum Gasteiger partial charge on any atom is -0.633 e. The van der Waals surface area contributed by atoms with Gasteiger partial charge in [0.2, 0.25) is 0 Å². The van der Waals surface area contributed by atoms with Crippen molar-refractivity contribution in [1.82, 2.24) is 9.38 Å². The summed E-state index contributed by atoms with van der Waals surface area (Å²) in [5.41, 5.74) is 3.15. The summed E-state index contributed by atoms with van der Waals surface area (Å²) in [6, 6.07) is 9.29. The lowest BCUT2D eigenvalue weighted by Crippen LogP contribution is -2.50. The third-order valence-corrected chi connectivity index (χ3v) is 6.31. The molecule has 1 aliphatic rings. The lowest BCUT2D eigenvalue weighted by atomic mass is 9.88. The van der Waals surface area contributed by atoms with E-state index in [-0.39, 0.29) is 29.6 Å². The number of aromatic nitrogens is 2. The van der Waals surface area contributed by atoms with Crippen LogP contribution in [0, 0.1) is 30.8 Å². The average molecular weight is 423 g/mol. The molecule has 1 aliphatic heterocycles. The molecule has 1 fully saturated rings. The van der Waals surface area contributed by atoms with E-state index in [1.165, 1.54) is 24.3 Å². The molecule has 0 aliphatic carbocycles. The van der Waals surface area contributed by atoms with E-state index in [9.17, 15) is 19.2 Å². The van der Waals surface area contributed by atoms with E-state index in [4.69, 9.17) is 0 Å². The highest BCUT2D eigenvalue weighted by Gasteiger charge is 2.31. The van der Waals surface area contributed by atoms with Crippen LogP contribution in [-0.4, -0.2) is 39.4 Å². The van der Waals surface area contributed by atoms with Gasteiger partial charge in [0, 0.05) is 48.2 Å². The van der Waals surface area contributed by atoms with E-state index >= 15 is 0 Å². The van der Waals surface area contributed by atoms with Crippen LogP contribution < -0.4 is 5.56 Å². The van der Waals surface area contributed by atoms with Crippen molar-refractivity contribution in [2.24, 2.45) is 5.92 Å². The molecule has 0 saturated carbocycles. The molecule has 1 aromatic carbocycles. The van der Waals surface area contributed by atoms with E-state index < -0.39 is 4.65 Å². The third kappa shape index (κ3) is 4.43. The fourth-order valence-electron chi connectivity index (χ4n) is 4.37. The Balaban J connectivity index is 1.43. The van der Waals surface area contributed by atoms with Gasteiger partial charge in [0.25, 0.3) is 5.56 Å². The molecule has 0 atom stereocenters. The van der Waals surface area contributed by atoms with Crippen molar-refractivity contribution in [3.63, 3.8) is 0 Å². The fourth-order valence-corrected chi connectivity index (χ4v) is 4.37. The Bertz CT molecular complexity index is 1180. The molecule has 162 valence electrons. The number of hydrogen-bond acceptors (Lipinski definition) is 4. The predicted molar refractivity (Wildman–Crippen MR) is 116 cm³/mol. The van der Waals surface area contributed by atoms with E-state index in [1.54, 1.807) is 17.5 Å². The molecule has 0 bridgehead atoms. The lowest BCUT2D eigenvalue weighted by molar-refractivity contribution is -0.886. The number of piperidine rings is 1. The number of ketones is 1. The van der Waals surface area contributed by atoms with E-state index in [0.717, 1.165) is 5.56 Å². The van der Waals surface area contributed by atoms with Gasteiger partial charge in [0.1, 0.15) is 11.5 Å². The maximum Gasteiger partial charge on any atom is 0.261 e. The van der Waals surface area contributed by atoms with Crippen LogP contribution in [0.5, 0.6) is 0 Å². The Morgan fingerprint density at radius 1 is 1.16 bits per heavy atom. The Labute approximate surface area is 180 Å². The van der Waals surface area contributed by atoms with Crippen LogP contribution in [0.3, 0.4) is 0 Å². The molecule has 0 spiro atoms. The van der Waals surface area contributed by atoms with E-state index in [0.29, 0.717) is 54.8 Å².